The highest BCUT2D eigenvalue weighted by Crippen LogP contribution is 2.08. The molecule has 91 valence electrons. The van der Waals surface area contributed by atoms with Crippen molar-refractivity contribution in [1.29, 1.82) is 0 Å². The van der Waals surface area contributed by atoms with Crippen LogP contribution in [0, 0.1) is 6.92 Å². The predicted molar refractivity (Wildman–Crippen MR) is 64.8 cm³/mol. The summed E-state index contributed by atoms with van der Waals surface area (Å²) < 4.78 is 5.35. The molecule has 0 aromatic carbocycles. The fraction of sp³-hybridized carbons (Fsp3) is 0.923. The average molecular weight is 215 g/mol. The molecule has 0 atom stereocenters. The molecular formula is C13H27O2. The fourth-order valence-electron chi connectivity index (χ4n) is 1.58. The highest BCUT2D eigenvalue weighted by Gasteiger charge is 1.92. The molecule has 0 saturated carbocycles. The van der Waals surface area contributed by atoms with Gasteiger partial charge in [-0.05, 0) is 19.3 Å². The first-order valence-electron chi connectivity index (χ1n) is 6.39. The van der Waals surface area contributed by atoms with Gasteiger partial charge in [0.1, 0.15) is 0 Å². The summed E-state index contributed by atoms with van der Waals surface area (Å²) in [6, 6.07) is 0. The molecule has 1 N–H and O–H groups in total. The summed E-state index contributed by atoms with van der Waals surface area (Å²) in [5.74, 6) is 0. The zero-order chi connectivity index (χ0) is 11.2. The van der Waals surface area contributed by atoms with Crippen molar-refractivity contribution in [3.63, 3.8) is 0 Å². The summed E-state index contributed by atoms with van der Waals surface area (Å²) in [5, 5.41) is 8.59. The maximum absolute atomic E-state index is 8.59. The van der Waals surface area contributed by atoms with Crippen molar-refractivity contribution in [1.82, 2.24) is 0 Å². The van der Waals surface area contributed by atoms with Crippen molar-refractivity contribution < 1.29 is 9.84 Å². The van der Waals surface area contributed by atoms with Crippen molar-refractivity contribution in [2.75, 3.05) is 19.8 Å². The molecule has 0 saturated heterocycles. The number of hydrogen-bond acceptors (Lipinski definition) is 2. The SMILES string of the molecule is [CH2]CCOCCCCCCCCCCO. The van der Waals surface area contributed by atoms with Gasteiger partial charge in [0.05, 0.1) is 0 Å². The summed E-state index contributed by atoms with van der Waals surface area (Å²) in [7, 11) is 0. The second kappa shape index (κ2) is 13.9. The van der Waals surface area contributed by atoms with Gasteiger partial charge < -0.3 is 9.84 Å². The van der Waals surface area contributed by atoms with Crippen LogP contribution in [-0.4, -0.2) is 24.9 Å². The first-order chi connectivity index (χ1) is 7.41. The van der Waals surface area contributed by atoms with Gasteiger partial charge in [-0.25, -0.2) is 0 Å². The molecule has 0 unspecified atom stereocenters. The van der Waals surface area contributed by atoms with E-state index in [9.17, 15) is 0 Å². The van der Waals surface area contributed by atoms with Gasteiger partial charge in [0.15, 0.2) is 0 Å². The van der Waals surface area contributed by atoms with Crippen LogP contribution < -0.4 is 0 Å². The smallest absolute Gasteiger partial charge is 0.0466 e. The van der Waals surface area contributed by atoms with E-state index in [-0.39, 0.29) is 0 Å². The monoisotopic (exact) mass is 215 g/mol. The van der Waals surface area contributed by atoms with Gasteiger partial charge >= 0.3 is 0 Å². The second-order valence-electron chi connectivity index (χ2n) is 4.02. The lowest BCUT2D eigenvalue weighted by Crippen LogP contribution is -1.95. The van der Waals surface area contributed by atoms with E-state index in [0.717, 1.165) is 26.1 Å². The van der Waals surface area contributed by atoms with Crippen LogP contribution in [0.5, 0.6) is 0 Å². The minimum absolute atomic E-state index is 0.351. The van der Waals surface area contributed by atoms with Crippen molar-refractivity contribution >= 4 is 0 Å². The first kappa shape index (κ1) is 14.9. The Hall–Kier alpha value is -0.0800. The Labute approximate surface area is 95.0 Å². The maximum Gasteiger partial charge on any atom is 0.0466 e. The third kappa shape index (κ3) is 13.9. The van der Waals surface area contributed by atoms with Crippen LogP contribution in [0.3, 0.4) is 0 Å². The lowest BCUT2D eigenvalue weighted by atomic mass is 10.1. The van der Waals surface area contributed by atoms with Crippen LogP contribution in [0.15, 0.2) is 0 Å². The minimum atomic E-state index is 0.351. The molecule has 1 radical (unpaired) electrons. The molecule has 2 nitrogen and oxygen atoms in total. The van der Waals surface area contributed by atoms with Crippen molar-refractivity contribution in [2.45, 2.75) is 57.8 Å². The summed E-state index contributed by atoms with van der Waals surface area (Å²) in [6.45, 7) is 5.79. The Bertz CT molecular complexity index is 92.7. The highest BCUT2D eigenvalue weighted by atomic mass is 16.5. The molecule has 0 amide bonds. The van der Waals surface area contributed by atoms with Gasteiger partial charge in [0.2, 0.25) is 0 Å². The van der Waals surface area contributed by atoms with Crippen LogP contribution in [-0.2, 0) is 4.74 Å². The van der Waals surface area contributed by atoms with Gasteiger partial charge in [0, 0.05) is 19.8 Å². The fourth-order valence-corrected chi connectivity index (χ4v) is 1.58. The average Bonchev–Trinajstić information content (AvgIpc) is 2.26. The van der Waals surface area contributed by atoms with Gasteiger partial charge in [-0.2, -0.15) is 0 Å². The number of ether oxygens (including phenoxy) is 1. The Morgan fingerprint density at radius 2 is 1.27 bits per heavy atom. The number of rotatable bonds is 12. The molecule has 0 aromatic heterocycles. The Morgan fingerprint density at radius 3 is 1.80 bits per heavy atom. The Balaban J connectivity index is 2.81. The van der Waals surface area contributed by atoms with Crippen LogP contribution in [0.25, 0.3) is 0 Å². The second-order valence-corrected chi connectivity index (χ2v) is 4.02. The quantitative estimate of drug-likeness (QED) is 0.506. The van der Waals surface area contributed by atoms with E-state index in [1.54, 1.807) is 0 Å². The van der Waals surface area contributed by atoms with Crippen molar-refractivity contribution in [3.8, 4) is 0 Å². The number of aliphatic hydroxyl groups excluding tert-OH is 1. The van der Waals surface area contributed by atoms with Crippen LogP contribution in [0.1, 0.15) is 57.8 Å². The largest absolute Gasteiger partial charge is 0.396 e. The van der Waals surface area contributed by atoms with Crippen molar-refractivity contribution in [3.05, 3.63) is 6.92 Å². The van der Waals surface area contributed by atoms with Gasteiger partial charge in [-0.1, -0.05) is 45.4 Å². The summed E-state index contributed by atoms with van der Waals surface area (Å²) >= 11 is 0. The van der Waals surface area contributed by atoms with E-state index < -0.39 is 0 Å². The van der Waals surface area contributed by atoms with E-state index in [1.807, 2.05) is 0 Å². The zero-order valence-corrected chi connectivity index (χ0v) is 10.0. The van der Waals surface area contributed by atoms with Crippen LogP contribution in [0.2, 0.25) is 0 Å². The molecule has 0 aliphatic rings. The maximum atomic E-state index is 8.59. The lowest BCUT2D eigenvalue weighted by molar-refractivity contribution is 0.134. The number of hydrogen-bond donors (Lipinski definition) is 1. The van der Waals surface area contributed by atoms with Gasteiger partial charge in [-0.3, -0.25) is 0 Å². The lowest BCUT2D eigenvalue weighted by Gasteiger charge is -2.02. The molecule has 0 rings (SSSR count). The van der Waals surface area contributed by atoms with E-state index in [4.69, 9.17) is 9.84 Å². The standard InChI is InChI=1S/C13H27O2/c1-2-12-15-13-10-8-6-4-3-5-7-9-11-14/h14H,1-13H2. The molecule has 0 bridgehead atoms. The van der Waals surface area contributed by atoms with Gasteiger partial charge in [0.25, 0.3) is 0 Å². The summed E-state index contributed by atoms with van der Waals surface area (Å²) in [4.78, 5) is 0. The summed E-state index contributed by atoms with van der Waals surface area (Å²) in [6.07, 6.45) is 10.8. The predicted octanol–water partition coefficient (Wildman–Crippen LogP) is 3.34. The Morgan fingerprint density at radius 1 is 0.733 bits per heavy atom. The van der Waals surface area contributed by atoms with Crippen LogP contribution in [0.4, 0.5) is 0 Å². The minimum Gasteiger partial charge on any atom is -0.396 e. The molecule has 2 heteroatoms. The molecular weight excluding hydrogens is 188 g/mol. The van der Waals surface area contributed by atoms with E-state index in [0.29, 0.717) is 6.61 Å². The molecule has 0 aromatic rings. The molecule has 0 fully saturated rings. The molecule has 0 aliphatic heterocycles. The first-order valence-corrected chi connectivity index (χ1v) is 6.39. The zero-order valence-electron chi connectivity index (χ0n) is 10.0. The van der Waals surface area contributed by atoms with Gasteiger partial charge in [-0.15, -0.1) is 0 Å². The van der Waals surface area contributed by atoms with Crippen molar-refractivity contribution in [2.24, 2.45) is 0 Å². The molecule has 0 aliphatic carbocycles. The topological polar surface area (TPSA) is 29.5 Å². The molecule has 0 heterocycles. The highest BCUT2D eigenvalue weighted by molar-refractivity contribution is 4.46. The van der Waals surface area contributed by atoms with E-state index in [1.165, 1.54) is 44.9 Å². The number of unbranched alkanes of at least 4 members (excludes halogenated alkanes) is 7. The number of aliphatic hydroxyl groups is 1. The molecule has 0 spiro atoms. The molecule has 15 heavy (non-hydrogen) atoms. The third-order valence-corrected chi connectivity index (χ3v) is 2.49. The van der Waals surface area contributed by atoms with E-state index in [2.05, 4.69) is 6.92 Å². The van der Waals surface area contributed by atoms with E-state index >= 15 is 0 Å². The Kier molecular flexibility index (Phi) is 13.8. The summed E-state index contributed by atoms with van der Waals surface area (Å²) in [5.41, 5.74) is 0. The van der Waals surface area contributed by atoms with Crippen LogP contribution >= 0.6 is 0 Å². The normalized spacial score (nSPS) is 10.8. The third-order valence-electron chi connectivity index (χ3n) is 2.49.